The Morgan fingerprint density at radius 1 is 1.29 bits per heavy atom. The zero-order chi connectivity index (χ0) is 20.1. The van der Waals surface area contributed by atoms with E-state index in [9.17, 15) is 4.79 Å². The average Bonchev–Trinajstić information content (AvgIpc) is 3.16. The van der Waals surface area contributed by atoms with E-state index >= 15 is 0 Å². The second kappa shape index (κ2) is 8.81. The quantitative estimate of drug-likeness (QED) is 0.680. The van der Waals surface area contributed by atoms with E-state index in [2.05, 4.69) is 20.8 Å². The molecular weight excluding hydrogens is 382 g/mol. The summed E-state index contributed by atoms with van der Waals surface area (Å²) in [6.45, 7) is 4.17. The lowest BCUT2D eigenvalue weighted by Gasteiger charge is -2.15. The molecule has 2 aromatic carbocycles. The number of rotatable bonds is 6. The van der Waals surface area contributed by atoms with Gasteiger partial charge in [-0.15, -0.1) is 5.10 Å². The summed E-state index contributed by atoms with van der Waals surface area (Å²) in [5, 5.41) is 14.6. The summed E-state index contributed by atoms with van der Waals surface area (Å²) in [5.74, 6) is 0.361. The monoisotopic (exact) mass is 401 g/mol. The number of nitrogens with one attached hydrogen (secondary N) is 1. The highest BCUT2D eigenvalue weighted by Crippen LogP contribution is 2.31. The van der Waals surface area contributed by atoms with Gasteiger partial charge in [-0.1, -0.05) is 17.7 Å². The highest BCUT2D eigenvalue weighted by atomic mass is 35.5. The Kier molecular flexibility index (Phi) is 6.23. The molecule has 0 spiro atoms. The van der Waals surface area contributed by atoms with Crippen molar-refractivity contribution < 1.29 is 14.3 Å². The van der Waals surface area contributed by atoms with Gasteiger partial charge < -0.3 is 14.8 Å². The fourth-order valence-electron chi connectivity index (χ4n) is 2.79. The van der Waals surface area contributed by atoms with E-state index < -0.39 is 6.09 Å². The lowest BCUT2D eigenvalue weighted by atomic mass is 10.00. The summed E-state index contributed by atoms with van der Waals surface area (Å²) in [4.78, 5) is 12.2. The molecule has 0 aliphatic carbocycles. The first-order valence-electron chi connectivity index (χ1n) is 8.58. The van der Waals surface area contributed by atoms with Crippen LogP contribution in [-0.4, -0.2) is 46.1 Å². The number of amides is 1. The number of ether oxygens (including phenoxy) is 2. The van der Waals surface area contributed by atoms with Crippen molar-refractivity contribution >= 4 is 17.7 Å². The third-order valence-electron chi connectivity index (χ3n) is 4.00. The van der Waals surface area contributed by atoms with Crippen LogP contribution in [0.25, 0.3) is 16.8 Å². The molecular formula is C19H20ClN5O3. The van der Waals surface area contributed by atoms with Crippen LogP contribution in [0.5, 0.6) is 5.75 Å². The fourth-order valence-corrected chi connectivity index (χ4v) is 3.02. The number of methoxy groups -OCH3 is 1. The molecule has 3 rings (SSSR count). The Balaban J connectivity index is 1.95. The Morgan fingerprint density at radius 2 is 2.11 bits per heavy atom. The highest BCUT2D eigenvalue weighted by Gasteiger charge is 2.13. The fraction of sp³-hybridized carbons (Fsp3) is 0.263. The molecule has 1 atom stereocenters. The molecule has 0 saturated carbocycles. The largest absolute Gasteiger partial charge is 0.412 e. The van der Waals surface area contributed by atoms with Gasteiger partial charge >= 0.3 is 6.09 Å². The Morgan fingerprint density at radius 3 is 2.79 bits per heavy atom. The zero-order valence-electron chi connectivity index (χ0n) is 15.7. The van der Waals surface area contributed by atoms with E-state index in [1.54, 1.807) is 19.2 Å². The van der Waals surface area contributed by atoms with E-state index in [4.69, 9.17) is 21.1 Å². The van der Waals surface area contributed by atoms with Crippen molar-refractivity contribution in [1.29, 1.82) is 0 Å². The molecule has 1 heterocycles. The van der Waals surface area contributed by atoms with E-state index in [0.717, 1.165) is 16.7 Å². The zero-order valence-corrected chi connectivity index (χ0v) is 16.5. The molecule has 8 nitrogen and oxygen atoms in total. The Labute approximate surface area is 167 Å². The van der Waals surface area contributed by atoms with Crippen LogP contribution in [0.2, 0.25) is 5.02 Å². The molecule has 1 N–H and O–H groups in total. The summed E-state index contributed by atoms with van der Waals surface area (Å²) in [7, 11) is 1.57. The van der Waals surface area contributed by atoms with E-state index in [-0.39, 0.29) is 6.04 Å². The van der Waals surface area contributed by atoms with Crippen molar-refractivity contribution in [3.05, 3.63) is 53.3 Å². The lowest BCUT2D eigenvalue weighted by molar-refractivity contribution is 0.159. The standard InChI is InChI=1S/C19H20ClN5O3/c1-12-6-15(20)4-5-18(12)14-7-16(25-11-21-23-24-25)9-17(8-14)28-19(26)22-13(2)10-27-3/h4-9,11,13H,10H2,1-3H3,(H,22,26). The van der Waals surface area contributed by atoms with Crippen LogP contribution >= 0.6 is 11.6 Å². The van der Waals surface area contributed by atoms with Crippen LogP contribution in [-0.2, 0) is 4.74 Å². The molecule has 1 aromatic heterocycles. The molecule has 9 heteroatoms. The number of hydrogen-bond acceptors (Lipinski definition) is 6. The summed E-state index contributed by atoms with van der Waals surface area (Å²) in [6, 6.07) is 10.8. The van der Waals surface area contributed by atoms with Crippen LogP contribution in [0, 0.1) is 6.92 Å². The molecule has 0 saturated heterocycles. The molecule has 1 amide bonds. The van der Waals surface area contributed by atoms with Gasteiger partial charge in [0, 0.05) is 18.2 Å². The predicted molar refractivity (Wildman–Crippen MR) is 105 cm³/mol. The summed E-state index contributed by atoms with van der Waals surface area (Å²) >= 11 is 6.07. The van der Waals surface area contributed by atoms with E-state index in [0.29, 0.717) is 23.1 Å². The summed E-state index contributed by atoms with van der Waals surface area (Å²) in [5.41, 5.74) is 3.45. The van der Waals surface area contributed by atoms with Gasteiger partial charge in [0.05, 0.1) is 18.3 Å². The van der Waals surface area contributed by atoms with Gasteiger partial charge in [-0.05, 0) is 65.2 Å². The molecule has 0 aliphatic heterocycles. The topological polar surface area (TPSA) is 91.2 Å². The average molecular weight is 402 g/mol. The minimum absolute atomic E-state index is 0.182. The minimum atomic E-state index is -0.572. The van der Waals surface area contributed by atoms with Crippen molar-refractivity contribution in [2.45, 2.75) is 19.9 Å². The van der Waals surface area contributed by atoms with Crippen LogP contribution in [0.4, 0.5) is 4.79 Å². The van der Waals surface area contributed by atoms with Crippen LogP contribution < -0.4 is 10.1 Å². The van der Waals surface area contributed by atoms with Gasteiger partial charge in [0.15, 0.2) is 0 Å². The maximum atomic E-state index is 12.2. The van der Waals surface area contributed by atoms with Crippen LogP contribution in [0.3, 0.4) is 0 Å². The minimum Gasteiger partial charge on any atom is -0.410 e. The third kappa shape index (κ3) is 4.85. The normalized spacial score (nSPS) is 11.9. The smallest absolute Gasteiger partial charge is 0.410 e. The number of hydrogen-bond donors (Lipinski definition) is 1. The number of aromatic nitrogens is 4. The molecule has 0 bridgehead atoms. The van der Waals surface area contributed by atoms with Crippen molar-refractivity contribution in [3.8, 4) is 22.6 Å². The van der Waals surface area contributed by atoms with Gasteiger partial charge in [-0.2, -0.15) is 0 Å². The van der Waals surface area contributed by atoms with Gasteiger partial charge in [-0.3, -0.25) is 0 Å². The Bertz CT molecular complexity index is 962. The number of nitrogens with zero attached hydrogens (tertiary/aromatic N) is 4. The molecule has 28 heavy (non-hydrogen) atoms. The first-order valence-corrected chi connectivity index (χ1v) is 8.96. The maximum Gasteiger partial charge on any atom is 0.412 e. The number of carbonyl (C=O) groups excluding carboxylic acids is 1. The van der Waals surface area contributed by atoms with Gasteiger partial charge in [0.2, 0.25) is 0 Å². The molecule has 0 aliphatic rings. The van der Waals surface area contributed by atoms with Gasteiger partial charge in [0.25, 0.3) is 0 Å². The number of carbonyl (C=O) groups is 1. The second-order valence-corrected chi connectivity index (χ2v) is 6.76. The molecule has 0 fully saturated rings. The van der Waals surface area contributed by atoms with Gasteiger partial charge in [0.1, 0.15) is 12.1 Å². The molecule has 3 aromatic rings. The highest BCUT2D eigenvalue weighted by molar-refractivity contribution is 6.30. The first-order chi connectivity index (χ1) is 13.5. The van der Waals surface area contributed by atoms with Crippen molar-refractivity contribution in [3.63, 3.8) is 0 Å². The van der Waals surface area contributed by atoms with Gasteiger partial charge in [-0.25, -0.2) is 9.48 Å². The number of aryl methyl sites for hydroxylation is 1. The van der Waals surface area contributed by atoms with E-state index in [1.165, 1.54) is 11.0 Å². The maximum absolute atomic E-state index is 12.2. The second-order valence-electron chi connectivity index (χ2n) is 6.32. The number of benzene rings is 2. The van der Waals surface area contributed by atoms with Crippen molar-refractivity contribution in [2.24, 2.45) is 0 Å². The predicted octanol–water partition coefficient (Wildman–Crippen LogP) is 3.41. The SMILES string of the molecule is COCC(C)NC(=O)Oc1cc(-c2ccc(Cl)cc2C)cc(-n2cnnn2)c1. The summed E-state index contributed by atoms with van der Waals surface area (Å²) < 4.78 is 12.0. The summed E-state index contributed by atoms with van der Waals surface area (Å²) in [6.07, 6.45) is 0.899. The molecule has 0 radical (unpaired) electrons. The third-order valence-corrected chi connectivity index (χ3v) is 4.23. The molecule has 146 valence electrons. The van der Waals surface area contributed by atoms with Crippen molar-refractivity contribution in [2.75, 3.05) is 13.7 Å². The lowest BCUT2D eigenvalue weighted by Crippen LogP contribution is -2.37. The molecule has 1 unspecified atom stereocenters. The van der Waals surface area contributed by atoms with E-state index in [1.807, 2.05) is 38.1 Å². The first kappa shape index (κ1) is 19.8. The Hall–Kier alpha value is -2.97. The van der Waals surface area contributed by atoms with Crippen molar-refractivity contribution in [1.82, 2.24) is 25.5 Å². The van der Waals surface area contributed by atoms with Crippen LogP contribution in [0.1, 0.15) is 12.5 Å². The number of tetrazole rings is 1. The number of halogens is 1. The van der Waals surface area contributed by atoms with Crippen LogP contribution in [0.15, 0.2) is 42.7 Å².